The third-order valence-corrected chi connectivity index (χ3v) is 6.47. The fraction of sp³-hybridized carbons (Fsp3) is 0.500. The summed E-state index contributed by atoms with van der Waals surface area (Å²) < 4.78 is 24.3. The second-order valence-electron chi connectivity index (χ2n) is 6.82. The lowest BCUT2D eigenvalue weighted by Gasteiger charge is -2.27. The van der Waals surface area contributed by atoms with Gasteiger partial charge in [0.2, 0.25) is 0 Å². The standard InChI is InChI=1S/C20H27O3P/c1-3-22-24(21)15-19(18-11-9-16(2)10-12-18)14-20(23-24)13-17-7-5-4-6-8-17/h9-12,14-15,17H,3-8,13H2,1-2H3. The van der Waals surface area contributed by atoms with Crippen molar-refractivity contribution in [2.75, 3.05) is 6.61 Å². The molecule has 1 aliphatic carbocycles. The number of hydrogen-bond acceptors (Lipinski definition) is 3. The lowest BCUT2D eigenvalue weighted by atomic mass is 9.86. The summed E-state index contributed by atoms with van der Waals surface area (Å²) in [6.45, 7) is 4.30. The fourth-order valence-electron chi connectivity index (χ4n) is 3.52. The van der Waals surface area contributed by atoms with Gasteiger partial charge in [-0.3, -0.25) is 4.52 Å². The van der Waals surface area contributed by atoms with E-state index in [1.165, 1.54) is 37.7 Å². The molecule has 24 heavy (non-hydrogen) atoms. The zero-order chi connectivity index (χ0) is 17.0. The molecule has 0 spiro atoms. The summed E-state index contributed by atoms with van der Waals surface area (Å²) in [5.74, 6) is 3.13. The maximum Gasteiger partial charge on any atom is 0.403 e. The Labute approximate surface area is 145 Å². The van der Waals surface area contributed by atoms with Crippen molar-refractivity contribution in [3.05, 3.63) is 53.0 Å². The second-order valence-corrected chi connectivity index (χ2v) is 8.60. The molecule has 0 N–H and O–H groups in total. The van der Waals surface area contributed by atoms with Gasteiger partial charge in [0.05, 0.1) is 6.61 Å². The van der Waals surface area contributed by atoms with E-state index in [-0.39, 0.29) is 0 Å². The van der Waals surface area contributed by atoms with Gasteiger partial charge in [0.1, 0.15) is 5.76 Å². The SMILES string of the molecule is CCOP1(=O)C=C(c2ccc(C)cc2)C=C(CC2CCCCC2)O1. The Balaban J connectivity index is 1.86. The Kier molecular flexibility index (Phi) is 5.63. The molecule has 0 amide bonds. The maximum atomic E-state index is 13.0. The molecular formula is C20H27O3P. The molecule has 0 bridgehead atoms. The van der Waals surface area contributed by atoms with Crippen LogP contribution in [0, 0.1) is 12.8 Å². The lowest BCUT2D eigenvalue weighted by Crippen LogP contribution is -2.10. The highest BCUT2D eigenvalue weighted by atomic mass is 31.2. The van der Waals surface area contributed by atoms with Crippen molar-refractivity contribution >= 4 is 13.2 Å². The molecule has 1 fully saturated rings. The second kappa shape index (κ2) is 7.72. The Morgan fingerprint density at radius 3 is 2.54 bits per heavy atom. The van der Waals surface area contributed by atoms with Gasteiger partial charge in [0, 0.05) is 12.2 Å². The smallest absolute Gasteiger partial charge is 0.403 e. The van der Waals surface area contributed by atoms with E-state index in [4.69, 9.17) is 9.05 Å². The zero-order valence-corrected chi connectivity index (χ0v) is 15.6. The molecule has 2 aliphatic rings. The Hall–Kier alpha value is -1.31. The number of aryl methyl sites for hydroxylation is 1. The van der Waals surface area contributed by atoms with Crippen LogP contribution < -0.4 is 0 Å². The molecule has 1 heterocycles. The van der Waals surface area contributed by atoms with Gasteiger partial charge >= 0.3 is 7.60 Å². The van der Waals surface area contributed by atoms with Crippen molar-refractivity contribution in [1.29, 1.82) is 0 Å². The summed E-state index contributed by atoms with van der Waals surface area (Å²) in [5, 5.41) is 0. The van der Waals surface area contributed by atoms with Crippen LogP contribution in [0.2, 0.25) is 0 Å². The van der Waals surface area contributed by atoms with Crippen LogP contribution in [0.1, 0.15) is 56.6 Å². The molecule has 1 unspecified atom stereocenters. The predicted octanol–water partition coefficient (Wildman–Crippen LogP) is 6.45. The summed E-state index contributed by atoms with van der Waals surface area (Å²) in [4.78, 5) is 0. The molecule has 4 heteroatoms. The van der Waals surface area contributed by atoms with Gasteiger partial charge in [0.25, 0.3) is 0 Å². The van der Waals surface area contributed by atoms with Crippen LogP contribution in [0.4, 0.5) is 0 Å². The largest absolute Gasteiger partial charge is 0.426 e. The highest BCUT2D eigenvalue weighted by Gasteiger charge is 2.30. The van der Waals surface area contributed by atoms with Crippen LogP contribution in [0.5, 0.6) is 0 Å². The Bertz CT molecular complexity index is 667. The summed E-state index contributed by atoms with van der Waals surface area (Å²) in [6, 6.07) is 8.28. The summed E-state index contributed by atoms with van der Waals surface area (Å²) in [6.07, 6.45) is 9.31. The summed E-state index contributed by atoms with van der Waals surface area (Å²) >= 11 is 0. The van der Waals surface area contributed by atoms with Crippen LogP contribution in [-0.2, 0) is 13.6 Å². The highest BCUT2D eigenvalue weighted by molar-refractivity contribution is 7.57. The third-order valence-electron chi connectivity index (χ3n) is 4.77. The normalized spacial score (nSPS) is 24.9. The van der Waals surface area contributed by atoms with E-state index in [0.29, 0.717) is 12.5 Å². The minimum Gasteiger partial charge on any atom is -0.426 e. The molecule has 0 aromatic heterocycles. The molecule has 0 saturated heterocycles. The minimum atomic E-state index is -3.20. The van der Waals surface area contributed by atoms with E-state index in [0.717, 1.165) is 23.3 Å². The molecule has 1 saturated carbocycles. The summed E-state index contributed by atoms with van der Waals surface area (Å²) in [7, 11) is -3.20. The molecule has 0 radical (unpaired) electrons. The van der Waals surface area contributed by atoms with Crippen LogP contribution in [0.25, 0.3) is 5.57 Å². The summed E-state index contributed by atoms with van der Waals surface area (Å²) in [5.41, 5.74) is 3.22. The fourth-order valence-corrected chi connectivity index (χ4v) is 5.07. The first-order valence-electron chi connectivity index (χ1n) is 9.02. The number of rotatable bonds is 5. The predicted molar refractivity (Wildman–Crippen MR) is 98.7 cm³/mol. The van der Waals surface area contributed by atoms with Gasteiger partial charge < -0.3 is 4.52 Å². The van der Waals surface area contributed by atoms with Crippen LogP contribution >= 0.6 is 7.60 Å². The first-order valence-corrected chi connectivity index (χ1v) is 10.6. The highest BCUT2D eigenvalue weighted by Crippen LogP contribution is 2.57. The minimum absolute atomic E-state index is 0.381. The van der Waals surface area contributed by atoms with Crippen molar-refractivity contribution in [2.24, 2.45) is 5.92 Å². The third kappa shape index (κ3) is 4.40. The molecular weight excluding hydrogens is 319 g/mol. The number of benzene rings is 1. The van der Waals surface area contributed by atoms with Crippen LogP contribution in [0.3, 0.4) is 0 Å². The molecule has 1 aliphatic heterocycles. The lowest BCUT2D eigenvalue weighted by molar-refractivity contribution is 0.239. The topological polar surface area (TPSA) is 35.5 Å². The molecule has 3 rings (SSSR count). The number of hydrogen-bond donors (Lipinski definition) is 0. The van der Waals surface area contributed by atoms with E-state index in [1.54, 1.807) is 5.82 Å². The van der Waals surface area contributed by atoms with Crippen LogP contribution in [-0.4, -0.2) is 6.61 Å². The van der Waals surface area contributed by atoms with Crippen molar-refractivity contribution in [3.8, 4) is 0 Å². The van der Waals surface area contributed by atoms with E-state index in [2.05, 4.69) is 37.3 Å². The van der Waals surface area contributed by atoms with Gasteiger partial charge in [-0.25, -0.2) is 4.57 Å². The molecule has 130 valence electrons. The quantitative estimate of drug-likeness (QED) is 0.575. The van der Waals surface area contributed by atoms with Crippen LogP contribution in [0.15, 0.2) is 41.9 Å². The molecule has 1 aromatic rings. The van der Waals surface area contributed by atoms with Gasteiger partial charge in [-0.15, -0.1) is 0 Å². The average Bonchev–Trinajstić information content (AvgIpc) is 2.56. The average molecular weight is 346 g/mol. The van der Waals surface area contributed by atoms with E-state index < -0.39 is 7.60 Å². The van der Waals surface area contributed by atoms with Gasteiger partial charge in [0.15, 0.2) is 0 Å². The molecule has 1 atom stereocenters. The Morgan fingerprint density at radius 1 is 1.17 bits per heavy atom. The van der Waals surface area contributed by atoms with Gasteiger partial charge in [-0.1, -0.05) is 61.9 Å². The Morgan fingerprint density at radius 2 is 1.88 bits per heavy atom. The van der Waals surface area contributed by atoms with E-state index >= 15 is 0 Å². The van der Waals surface area contributed by atoms with Crippen molar-refractivity contribution in [3.63, 3.8) is 0 Å². The zero-order valence-electron chi connectivity index (χ0n) is 14.7. The first kappa shape index (κ1) is 17.5. The van der Waals surface area contributed by atoms with Crippen molar-refractivity contribution in [2.45, 2.75) is 52.4 Å². The van der Waals surface area contributed by atoms with Gasteiger partial charge in [-0.05, 0) is 37.0 Å². The molecule has 3 nitrogen and oxygen atoms in total. The van der Waals surface area contributed by atoms with Gasteiger partial charge in [-0.2, -0.15) is 0 Å². The first-order chi connectivity index (χ1) is 11.6. The maximum absolute atomic E-state index is 13.0. The monoisotopic (exact) mass is 346 g/mol. The van der Waals surface area contributed by atoms with E-state index in [9.17, 15) is 4.57 Å². The molecule has 1 aromatic carbocycles. The number of allylic oxidation sites excluding steroid dienone is 3. The van der Waals surface area contributed by atoms with Crippen molar-refractivity contribution in [1.82, 2.24) is 0 Å². The van der Waals surface area contributed by atoms with Crippen molar-refractivity contribution < 1.29 is 13.6 Å². The van der Waals surface area contributed by atoms with E-state index in [1.807, 2.05) is 6.92 Å².